The molecule has 4 aromatic rings. The Morgan fingerprint density at radius 1 is 0.980 bits per heavy atom. The number of nitrogens with one attached hydrogen (secondary N) is 1. The SMILES string of the molecule is COc1cc(F)c(-c2c(NC(=O)c3ccc(OC(F)F)cc3)c(=O)n(-c3nc(N4CCCC4C(F)(F)F)ccc3C(F)(F)F)n2C)c(F)c1. The Morgan fingerprint density at radius 2 is 1.61 bits per heavy atom. The van der Waals surface area contributed by atoms with Gasteiger partial charge in [0.15, 0.2) is 5.82 Å². The minimum absolute atomic E-state index is 0.0257. The summed E-state index contributed by atoms with van der Waals surface area (Å²) in [7, 11) is 2.00. The summed E-state index contributed by atoms with van der Waals surface area (Å²) < 4.78 is 150. The van der Waals surface area contributed by atoms with Crippen LogP contribution in [0.3, 0.4) is 0 Å². The van der Waals surface area contributed by atoms with Crippen LogP contribution in [0.25, 0.3) is 17.1 Å². The number of hydrogen-bond acceptors (Lipinski definition) is 6. The van der Waals surface area contributed by atoms with Crippen molar-refractivity contribution in [3.63, 3.8) is 0 Å². The molecule has 1 amide bonds. The molecule has 9 nitrogen and oxygen atoms in total. The Hall–Kier alpha value is -5.23. The molecule has 1 aliphatic rings. The third-order valence-electron chi connectivity index (χ3n) is 7.63. The van der Waals surface area contributed by atoms with Gasteiger partial charge in [0, 0.05) is 31.3 Å². The summed E-state index contributed by atoms with van der Waals surface area (Å²) >= 11 is 0. The predicted octanol–water partition coefficient (Wildman–Crippen LogP) is 6.93. The number of nitrogens with zero attached hydrogens (tertiary/aromatic N) is 4. The molecule has 262 valence electrons. The van der Waals surface area contributed by atoms with Crippen LogP contribution in [0.5, 0.6) is 11.5 Å². The Kier molecular flexibility index (Phi) is 9.31. The first-order valence-electron chi connectivity index (χ1n) is 14.1. The number of amides is 1. The van der Waals surface area contributed by atoms with Crippen molar-refractivity contribution in [3.8, 4) is 28.6 Å². The lowest BCUT2D eigenvalue weighted by molar-refractivity contribution is -0.146. The number of alkyl halides is 8. The summed E-state index contributed by atoms with van der Waals surface area (Å²) in [6, 6.07) is 4.32. The molecular weight excluding hydrogens is 684 g/mol. The maximum atomic E-state index is 15.4. The Labute approximate surface area is 269 Å². The monoisotopic (exact) mass is 707 g/mol. The summed E-state index contributed by atoms with van der Waals surface area (Å²) in [4.78, 5) is 31.7. The van der Waals surface area contributed by atoms with Crippen LogP contribution < -0.4 is 25.2 Å². The molecule has 49 heavy (non-hydrogen) atoms. The highest BCUT2D eigenvalue weighted by atomic mass is 19.4. The van der Waals surface area contributed by atoms with Gasteiger partial charge in [-0.3, -0.25) is 14.3 Å². The highest BCUT2D eigenvalue weighted by Crippen LogP contribution is 2.40. The minimum Gasteiger partial charge on any atom is -0.497 e. The molecule has 1 aliphatic heterocycles. The molecule has 0 spiro atoms. The maximum Gasteiger partial charge on any atom is 0.420 e. The van der Waals surface area contributed by atoms with E-state index >= 15 is 8.78 Å². The Bertz CT molecular complexity index is 1910. The van der Waals surface area contributed by atoms with Gasteiger partial charge >= 0.3 is 19.0 Å². The third-order valence-corrected chi connectivity index (χ3v) is 7.63. The number of carbonyl (C=O) groups is 1. The van der Waals surface area contributed by atoms with Crippen molar-refractivity contribution in [2.75, 3.05) is 23.9 Å². The van der Waals surface area contributed by atoms with Crippen LogP contribution in [-0.2, 0) is 13.2 Å². The van der Waals surface area contributed by atoms with Crippen LogP contribution in [-0.4, -0.2) is 52.7 Å². The fourth-order valence-electron chi connectivity index (χ4n) is 5.47. The van der Waals surface area contributed by atoms with Crippen LogP contribution in [0.1, 0.15) is 28.8 Å². The number of ether oxygens (including phenoxy) is 2. The minimum atomic E-state index is -5.25. The zero-order valence-corrected chi connectivity index (χ0v) is 25.1. The third kappa shape index (κ3) is 6.86. The number of benzene rings is 2. The molecule has 19 heteroatoms. The van der Waals surface area contributed by atoms with Gasteiger partial charge in [-0.15, -0.1) is 0 Å². The fourth-order valence-corrected chi connectivity index (χ4v) is 5.47. The molecule has 1 saturated heterocycles. The number of anilines is 2. The molecule has 0 radical (unpaired) electrons. The highest BCUT2D eigenvalue weighted by molar-refractivity contribution is 6.06. The molecule has 0 saturated carbocycles. The number of pyridine rings is 1. The van der Waals surface area contributed by atoms with Crippen LogP contribution in [0.2, 0.25) is 0 Å². The Balaban J connectivity index is 1.74. The molecule has 1 N–H and O–H groups in total. The van der Waals surface area contributed by atoms with Gasteiger partial charge in [0.2, 0.25) is 0 Å². The predicted molar refractivity (Wildman–Crippen MR) is 153 cm³/mol. The van der Waals surface area contributed by atoms with E-state index in [-0.39, 0.29) is 41.1 Å². The smallest absolute Gasteiger partial charge is 0.420 e. The zero-order valence-electron chi connectivity index (χ0n) is 25.1. The lowest BCUT2D eigenvalue weighted by Crippen LogP contribution is -2.42. The van der Waals surface area contributed by atoms with Crippen molar-refractivity contribution in [2.24, 2.45) is 7.05 Å². The number of hydrogen-bond donors (Lipinski definition) is 1. The normalized spacial score (nSPS) is 15.2. The molecule has 0 aliphatic carbocycles. The number of carbonyl (C=O) groups excluding carboxylic acids is 1. The zero-order chi connectivity index (χ0) is 36.0. The lowest BCUT2D eigenvalue weighted by atomic mass is 10.1. The first-order chi connectivity index (χ1) is 22.9. The highest BCUT2D eigenvalue weighted by Gasteiger charge is 2.47. The van der Waals surface area contributed by atoms with Crippen molar-refractivity contribution < 1.29 is 58.2 Å². The summed E-state index contributed by atoms with van der Waals surface area (Å²) in [5, 5.41) is 2.11. The first kappa shape index (κ1) is 35.1. The number of rotatable bonds is 8. The molecule has 1 atom stereocenters. The van der Waals surface area contributed by atoms with Crippen LogP contribution in [0, 0.1) is 11.6 Å². The summed E-state index contributed by atoms with van der Waals surface area (Å²) in [6.45, 7) is -3.43. The average Bonchev–Trinajstić information content (AvgIpc) is 3.60. The maximum absolute atomic E-state index is 15.4. The molecule has 2 aromatic carbocycles. The van der Waals surface area contributed by atoms with E-state index in [2.05, 4.69) is 15.0 Å². The molecule has 1 unspecified atom stereocenters. The van der Waals surface area contributed by atoms with Gasteiger partial charge in [-0.2, -0.15) is 39.8 Å². The first-order valence-corrected chi connectivity index (χ1v) is 14.1. The van der Waals surface area contributed by atoms with E-state index in [9.17, 15) is 44.7 Å². The number of aromatic nitrogens is 3. The van der Waals surface area contributed by atoms with Crippen LogP contribution in [0.4, 0.5) is 55.4 Å². The molecule has 2 aromatic heterocycles. The van der Waals surface area contributed by atoms with Crippen molar-refractivity contribution in [1.82, 2.24) is 14.3 Å². The van der Waals surface area contributed by atoms with Crippen LogP contribution >= 0.6 is 0 Å². The van der Waals surface area contributed by atoms with Gasteiger partial charge in [0.25, 0.3) is 11.5 Å². The standard InChI is InChI=1S/C30H23F10N5O4/c1-43-24(22-18(31)12-16(48-2)13-19(22)32)23(42-26(46)14-5-7-15(8-6-14)49-28(33)34)27(47)45(43)25-17(29(35,36)37)9-10-21(41-25)44-11-3-4-20(44)30(38,39)40/h5-10,12-13,20,28H,3-4,11H2,1-2H3,(H,42,46). The fraction of sp³-hybridized carbons (Fsp3) is 0.300. The molecule has 1 fully saturated rings. The van der Waals surface area contributed by atoms with E-state index in [0.29, 0.717) is 28.9 Å². The van der Waals surface area contributed by atoms with Gasteiger partial charge < -0.3 is 19.7 Å². The van der Waals surface area contributed by atoms with Gasteiger partial charge in [-0.25, -0.2) is 13.8 Å². The van der Waals surface area contributed by atoms with Crippen molar-refractivity contribution >= 4 is 17.4 Å². The quantitative estimate of drug-likeness (QED) is 0.200. The second kappa shape index (κ2) is 13.0. The average molecular weight is 708 g/mol. The van der Waals surface area contributed by atoms with E-state index < -0.39 is 82.3 Å². The van der Waals surface area contributed by atoms with Crippen molar-refractivity contribution in [3.05, 3.63) is 81.6 Å². The van der Waals surface area contributed by atoms with Crippen molar-refractivity contribution in [1.29, 1.82) is 0 Å². The lowest BCUT2D eigenvalue weighted by Gasteiger charge is -2.28. The Morgan fingerprint density at radius 3 is 2.16 bits per heavy atom. The second-order valence-corrected chi connectivity index (χ2v) is 10.6. The number of halogens is 10. The second-order valence-electron chi connectivity index (χ2n) is 10.6. The summed E-state index contributed by atoms with van der Waals surface area (Å²) in [6.07, 6.45) is -10.4. The van der Waals surface area contributed by atoms with Gasteiger partial charge in [-0.1, -0.05) is 0 Å². The summed E-state index contributed by atoms with van der Waals surface area (Å²) in [5.41, 5.74) is -6.18. The molecule has 3 heterocycles. The van der Waals surface area contributed by atoms with E-state index in [1.807, 2.05) is 0 Å². The molecule has 0 bridgehead atoms. The largest absolute Gasteiger partial charge is 0.497 e. The van der Waals surface area contributed by atoms with Gasteiger partial charge in [0.1, 0.15) is 51.9 Å². The van der Waals surface area contributed by atoms with E-state index in [4.69, 9.17) is 4.74 Å². The number of methoxy groups -OCH3 is 1. The topological polar surface area (TPSA) is 90.6 Å². The molecular formula is C30H23F10N5O4. The molecule has 5 rings (SSSR count). The van der Waals surface area contributed by atoms with E-state index in [1.165, 1.54) is 0 Å². The summed E-state index contributed by atoms with van der Waals surface area (Å²) in [5.74, 6) is -6.43. The van der Waals surface area contributed by atoms with Gasteiger partial charge in [-0.05, 0) is 49.2 Å². The van der Waals surface area contributed by atoms with Crippen LogP contribution in [0.15, 0.2) is 53.3 Å². The van der Waals surface area contributed by atoms with E-state index in [0.717, 1.165) is 43.3 Å². The van der Waals surface area contributed by atoms with Gasteiger partial charge in [0.05, 0.1) is 12.7 Å². The van der Waals surface area contributed by atoms with Crippen molar-refractivity contribution in [2.45, 2.75) is 37.8 Å². The van der Waals surface area contributed by atoms with E-state index in [1.54, 1.807) is 0 Å².